The summed E-state index contributed by atoms with van der Waals surface area (Å²) in [7, 11) is 1.58. The molecule has 0 aliphatic carbocycles. The average molecular weight is 493 g/mol. The van der Waals surface area contributed by atoms with E-state index in [9.17, 15) is 24.3 Å². The first-order valence-electron chi connectivity index (χ1n) is 11.5. The number of imide groups is 1. The number of hydrogen-bond donors (Lipinski definition) is 4. The molecule has 36 heavy (non-hydrogen) atoms. The lowest BCUT2D eigenvalue weighted by Crippen LogP contribution is -2.57. The summed E-state index contributed by atoms with van der Waals surface area (Å²) in [5.74, 6) is -1.51. The lowest BCUT2D eigenvalue weighted by Gasteiger charge is -2.41. The van der Waals surface area contributed by atoms with E-state index in [-0.39, 0.29) is 44.1 Å². The third-order valence-corrected chi connectivity index (χ3v) is 6.91. The molecule has 1 spiro atoms. The van der Waals surface area contributed by atoms with Crippen LogP contribution in [0.15, 0.2) is 54.6 Å². The molecule has 2 heterocycles. The number of amides is 5. The molecule has 4 rings (SSSR count). The molecule has 0 saturated carbocycles. The maximum atomic E-state index is 13.5. The van der Waals surface area contributed by atoms with Crippen LogP contribution in [0.3, 0.4) is 0 Å². The molecule has 2 fully saturated rings. The fourth-order valence-corrected chi connectivity index (χ4v) is 4.77. The zero-order valence-electron chi connectivity index (χ0n) is 19.8. The van der Waals surface area contributed by atoms with Crippen LogP contribution in [0.1, 0.15) is 36.4 Å². The summed E-state index contributed by atoms with van der Waals surface area (Å²) in [5.41, 5.74) is 5.97. The molecule has 0 bridgehead atoms. The third-order valence-electron chi connectivity index (χ3n) is 6.91. The second-order valence-electron chi connectivity index (χ2n) is 8.97. The number of rotatable bonds is 6. The second kappa shape index (κ2) is 9.68. The number of piperidine rings is 1. The summed E-state index contributed by atoms with van der Waals surface area (Å²) < 4.78 is 0. The molecule has 188 valence electrons. The molecule has 2 aliphatic rings. The molecule has 2 saturated heterocycles. The minimum Gasteiger partial charge on any atom is -0.481 e. The van der Waals surface area contributed by atoms with Gasteiger partial charge in [-0.3, -0.25) is 15.0 Å². The average Bonchev–Trinajstić information content (AvgIpc) is 3.05. The summed E-state index contributed by atoms with van der Waals surface area (Å²) >= 11 is 0. The Morgan fingerprint density at radius 3 is 2.25 bits per heavy atom. The molecule has 0 aromatic heterocycles. The van der Waals surface area contributed by atoms with Gasteiger partial charge in [-0.05, 0) is 42.7 Å². The number of anilines is 1. The van der Waals surface area contributed by atoms with Gasteiger partial charge in [-0.1, -0.05) is 30.3 Å². The van der Waals surface area contributed by atoms with Crippen LogP contribution in [-0.2, 0) is 9.59 Å². The third kappa shape index (κ3) is 4.47. The molecule has 2 aromatic carbocycles. The molecular formula is C25H28N6O5. The van der Waals surface area contributed by atoms with Crippen molar-refractivity contribution in [3.05, 3.63) is 65.7 Å². The van der Waals surface area contributed by atoms with Gasteiger partial charge in [0, 0.05) is 25.7 Å². The van der Waals surface area contributed by atoms with Crippen LogP contribution < -0.4 is 16.0 Å². The van der Waals surface area contributed by atoms with E-state index in [0.717, 1.165) is 4.90 Å². The van der Waals surface area contributed by atoms with Crippen molar-refractivity contribution in [2.24, 2.45) is 5.73 Å². The number of likely N-dealkylation sites (N-methyl/N-ethyl adjacent to an activating group) is 1. The Hall–Kier alpha value is -4.41. The van der Waals surface area contributed by atoms with Crippen molar-refractivity contribution in [3.63, 3.8) is 0 Å². The van der Waals surface area contributed by atoms with Crippen LogP contribution in [0.2, 0.25) is 0 Å². The van der Waals surface area contributed by atoms with Crippen LogP contribution in [0.5, 0.6) is 0 Å². The number of carboxylic acid groups (broad SMARTS) is 1. The number of benzene rings is 2. The highest BCUT2D eigenvalue weighted by Gasteiger charge is 2.57. The van der Waals surface area contributed by atoms with Crippen molar-refractivity contribution >= 4 is 35.5 Å². The van der Waals surface area contributed by atoms with Gasteiger partial charge in [0.05, 0.1) is 18.2 Å². The van der Waals surface area contributed by atoms with Crippen molar-refractivity contribution in [2.75, 3.05) is 25.0 Å². The summed E-state index contributed by atoms with van der Waals surface area (Å²) in [6, 6.07) is 13.6. The van der Waals surface area contributed by atoms with E-state index in [4.69, 9.17) is 11.1 Å². The number of aliphatic carboxylic acids is 1. The van der Waals surface area contributed by atoms with Crippen LogP contribution in [-0.4, -0.2) is 70.4 Å². The van der Waals surface area contributed by atoms with Crippen molar-refractivity contribution < 1.29 is 24.3 Å². The molecule has 5 N–H and O–H groups in total. The van der Waals surface area contributed by atoms with Gasteiger partial charge < -0.3 is 26.0 Å². The van der Waals surface area contributed by atoms with Crippen LogP contribution in [0.25, 0.3) is 0 Å². The molecule has 0 radical (unpaired) electrons. The van der Waals surface area contributed by atoms with E-state index in [0.29, 0.717) is 16.8 Å². The Bertz CT molecular complexity index is 1190. The summed E-state index contributed by atoms with van der Waals surface area (Å²) in [6.45, 7) is 0.446. The number of nitrogens with one attached hydrogen (secondary N) is 2. The molecule has 5 amide bonds. The zero-order chi connectivity index (χ0) is 26.0. The Labute approximate surface area is 208 Å². The van der Waals surface area contributed by atoms with E-state index in [1.54, 1.807) is 60.5 Å². The van der Waals surface area contributed by atoms with E-state index in [1.165, 1.54) is 4.90 Å². The molecule has 11 heteroatoms. The lowest BCUT2D eigenvalue weighted by molar-refractivity contribution is -0.137. The van der Waals surface area contributed by atoms with Gasteiger partial charge in [0.25, 0.3) is 5.91 Å². The van der Waals surface area contributed by atoms with Crippen molar-refractivity contribution in [3.8, 4) is 0 Å². The topological polar surface area (TPSA) is 160 Å². The minimum atomic E-state index is -1.08. The van der Waals surface area contributed by atoms with Gasteiger partial charge in [0.15, 0.2) is 0 Å². The van der Waals surface area contributed by atoms with E-state index < -0.39 is 29.6 Å². The van der Waals surface area contributed by atoms with Gasteiger partial charge in [0.1, 0.15) is 11.4 Å². The first-order chi connectivity index (χ1) is 17.1. The largest absolute Gasteiger partial charge is 0.481 e. The van der Waals surface area contributed by atoms with Gasteiger partial charge >= 0.3 is 18.0 Å². The smallest absolute Gasteiger partial charge is 0.332 e. The number of nitrogens with zero attached hydrogens (tertiary/aromatic N) is 3. The molecule has 1 atom stereocenters. The van der Waals surface area contributed by atoms with Gasteiger partial charge in [-0.15, -0.1) is 0 Å². The highest BCUT2D eigenvalue weighted by Crippen LogP contribution is 2.38. The Morgan fingerprint density at radius 1 is 1.08 bits per heavy atom. The Kier molecular flexibility index (Phi) is 6.65. The second-order valence-corrected chi connectivity index (χ2v) is 8.97. The van der Waals surface area contributed by atoms with Crippen LogP contribution in [0.4, 0.5) is 15.3 Å². The maximum Gasteiger partial charge on any atom is 0.332 e. The van der Waals surface area contributed by atoms with Gasteiger partial charge in [-0.2, -0.15) is 0 Å². The fraction of sp³-hybridized carbons (Fsp3) is 0.320. The van der Waals surface area contributed by atoms with Crippen molar-refractivity contribution in [1.82, 2.24) is 15.1 Å². The quantitative estimate of drug-likeness (QED) is 0.274. The molecule has 2 aliphatic heterocycles. The van der Waals surface area contributed by atoms with E-state index >= 15 is 0 Å². The van der Waals surface area contributed by atoms with Gasteiger partial charge in [0.2, 0.25) is 0 Å². The number of likely N-dealkylation sites (tertiary alicyclic amines) is 1. The number of nitrogen functional groups attached to an aromatic ring is 1. The zero-order valence-corrected chi connectivity index (χ0v) is 19.8. The van der Waals surface area contributed by atoms with Crippen LogP contribution >= 0.6 is 0 Å². The monoisotopic (exact) mass is 492 g/mol. The summed E-state index contributed by atoms with van der Waals surface area (Å²) in [5, 5.41) is 19.6. The Balaban J connectivity index is 1.46. The fourth-order valence-electron chi connectivity index (χ4n) is 4.77. The first-order valence-corrected chi connectivity index (χ1v) is 11.5. The highest BCUT2D eigenvalue weighted by molar-refractivity contribution is 6.23. The Morgan fingerprint density at radius 2 is 1.69 bits per heavy atom. The number of carboxylic acids is 1. The van der Waals surface area contributed by atoms with Crippen molar-refractivity contribution in [2.45, 2.75) is 30.8 Å². The minimum absolute atomic E-state index is 0.113. The van der Waals surface area contributed by atoms with Gasteiger partial charge in [-0.25, -0.2) is 14.5 Å². The number of nitrogens with two attached hydrogens (primary N) is 1. The SMILES string of the molecule is CN1C(=O)N(c2ccc(C(=N)N)cc2)C(=O)C12CCN(C(=O)NC(CC(=O)O)c1ccccc1)CC2. The predicted molar refractivity (Wildman–Crippen MR) is 132 cm³/mol. The summed E-state index contributed by atoms with van der Waals surface area (Å²) in [4.78, 5) is 55.0. The van der Waals surface area contributed by atoms with Crippen molar-refractivity contribution in [1.29, 1.82) is 5.41 Å². The molecule has 1 unspecified atom stereocenters. The first kappa shape index (κ1) is 24.7. The molecule has 11 nitrogen and oxygen atoms in total. The highest BCUT2D eigenvalue weighted by atomic mass is 16.4. The molecule has 2 aromatic rings. The lowest BCUT2D eigenvalue weighted by atomic mass is 9.86. The van der Waals surface area contributed by atoms with E-state index in [2.05, 4.69) is 5.32 Å². The predicted octanol–water partition coefficient (Wildman–Crippen LogP) is 2.13. The standard InChI is InChI=1S/C25H28N6O5/c1-29-24(36)31(18-9-7-17(8-10-18)21(26)27)22(34)25(29)11-13-30(14-12-25)23(35)28-19(15-20(32)33)16-5-3-2-4-6-16/h2-10,19H,11-15H2,1H3,(H3,26,27)(H,28,35)(H,32,33). The number of carbonyl (C=O) groups is 4. The molecular weight excluding hydrogens is 464 g/mol. The van der Waals surface area contributed by atoms with Crippen LogP contribution in [0, 0.1) is 5.41 Å². The number of carbonyl (C=O) groups excluding carboxylic acids is 3. The maximum absolute atomic E-state index is 13.5. The summed E-state index contributed by atoms with van der Waals surface area (Å²) in [6.07, 6.45) is 0.234. The van der Waals surface area contributed by atoms with E-state index in [1.807, 2.05) is 6.07 Å². The number of hydrogen-bond acceptors (Lipinski definition) is 5. The normalized spacial score (nSPS) is 17.9. The number of amidine groups is 1. The number of urea groups is 2.